The minimum Gasteiger partial charge on any atom is -0.302 e. The summed E-state index contributed by atoms with van der Waals surface area (Å²) >= 11 is 6.59. The number of carbonyl (C=O) groups is 1. The van der Waals surface area contributed by atoms with Crippen molar-refractivity contribution in [3.05, 3.63) is 9.98 Å². The first kappa shape index (κ1) is 10.4. The molecule has 1 N–H and O–H groups in total. The SMILES string of the molecule is O=C(Nc1ncc(Br)s1)C1CCSC1. The van der Waals surface area contributed by atoms with E-state index in [-0.39, 0.29) is 11.8 Å². The van der Waals surface area contributed by atoms with Crippen LogP contribution in [-0.2, 0) is 4.79 Å². The molecule has 1 aromatic rings. The number of nitrogens with one attached hydrogen (secondary N) is 1. The summed E-state index contributed by atoms with van der Waals surface area (Å²) in [6.07, 6.45) is 2.69. The molecule has 0 radical (unpaired) electrons. The van der Waals surface area contributed by atoms with Gasteiger partial charge in [-0.2, -0.15) is 11.8 Å². The van der Waals surface area contributed by atoms with E-state index in [1.807, 2.05) is 11.8 Å². The van der Waals surface area contributed by atoms with Gasteiger partial charge >= 0.3 is 0 Å². The lowest BCUT2D eigenvalue weighted by atomic mass is 10.1. The summed E-state index contributed by atoms with van der Waals surface area (Å²) in [6.45, 7) is 0. The van der Waals surface area contributed by atoms with Crippen LogP contribution in [0.3, 0.4) is 0 Å². The molecule has 0 saturated carbocycles. The van der Waals surface area contributed by atoms with Gasteiger partial charge in [0, 0.05) is 11.7 Å². The second-order valence-electron chi connectivity index (χ2n) is 3.02. The molecule has 0 spiro atoms. The van der Waals surface area contributed by atoms with Crippen molar-refractivity contribution in [2.24, 2.45) is 5.92 Å². The lowest BCUT2D eigenvalue weighted by Crippen LogP contribution is -2.22. The number of aromatic nitrogens is 1. The zero-order valence-corrected chi connectivity index (χ0v) is 10.5. The van der Waals surface area contributed by atoms with Crippen LogP contribution in [0.15, 0.2) is 9.98 Å². The zero-order valence-electron chi connectivity index (χ0n) is 7.33. The van der Waals surface area contributed by atoms with E-state index in [4.69, 9.17) is 0 Å². The Labute approximate surface area is 98.8 Å². The summed E-state index contributed by atoms with van der Waals surface area (Å²) in [4.78, 5) is 15.7. The predicted molar refractivity (Wildman–Crippen MR) is 63.9 cm³/mol. The van der Waals surface area contributed by atoms with Crippen molar-refractivity contribution in [3.63, 3.8) is 0 Å². The second kappa shape index (κ2) is 4.63. The quantitative estimate of drug-likeness (QED) is 0.911. The summed E-state index contributed by atoms with van der Waals surface area (Å²) in [5.41, 5.74) is 0. The molecule has 0 aromatic carbocycles. The summed E-state index contributed by atoms with van der Waals surface area (Å²) in [6, 6.07) is 0. The van der Waals surface area contributed by atoms with Crippen molar-refractivity contribution in [1.29, 1.82) is 0 Å². The number of thioether (sulfide) groups is 1. The molecule has 14 heavy (non-hydrogen) atoms. The Bertz CT molecular complexity index is 336. The maximum absolute atomic E-state index is 11.7. The Balaban J connectivity index is 1.93. The number of hydrogen-bond donors (Lipinski definition) is 1. The third kappa shape index (κ3) is 2.49. The molecule has 0 aliphatic carbocycles. The third-order valence-corrected chi connectivity index (χ3v) is 4.56. The van der Waals surface area contributed by atoms with E-state index >= 15 is 0 Å². The standard InChI is InChI=1S/C8H9BrN2OS2/c9-6-3-10-8(14-6)11-7(12)5-1-2-13-4-5/h3,5H,1-2,4H2,(H,10,11,12). The van der Waals surface area contributed by atoms with Crippen molar-refractivity contribution >= 4 is 50.1 Å². The highest BCUT2D eigenvalue weighted by molar-refractivity contribution is 9.11. The summed E-state index contributed by atoms with van der Waals surface area (Å²) in [5, 5.41) is 3.51. The van der Waals surface area contributed by atoms with Crippen LogP contribution in [0.25, 0.3) is 0 Å². The van der Waals surface area contributed by atoms with Crippen LogP contribution < -0.4 is 5.32 Å². The number of anilines is 1. The van der Waals surface area contributed by atoms with Gasteiger partial charge in [0.2, 0.25) is 5.91 Å². The number of rotatable bonds is 2. The monoisotopic (exact) mass is 292 g/mol. The largest absolute Gasteiger partial charge is 0.302 e. The first-order valence-electron chi connectivity index (χ1n) is 4.25. The number of thiazole rings is 1. The van der Waals surface area contributed by atoms with Gasteiger partial charge in [-0.3, -0.25) is 4.79 Å². The first-order valence-corrected chi connectivity index (χ1v) is 7.02. The van der Waals surface area contributed by atoms with E-state index in [1.54, 1.807) is 6.20 Å². The summed E-state index contributed by atoms with van der Waals surface area (Å²) < 4.78 is 0.939. The van der Waals surface area contributed by atoms with Gasteiger partial charge in [-0.05, 0) is 28.1 Å². The van der Waals surface area contributed by atoms with E-state index in [9.17, 15) is 4.79 Å². The number of amides is 1. The Morgan fingerprint density at radius 2 is 2.57 bits per heavy atom. The van der Waals surface area contributed by atoms with Crippen LogP contribution in [0.4, 0.5) is 5.13 Å². The summed E-state index contributed by atoms with van der Waals surface area (Å²) in [7, 11) is 0. The molecule has 76 valence electrons. The Morgan fingerprint density at radius 3 is 3.14 bits per heavy atom. The van der Waals surface area contributed by atoms with Gasteiger partial charge in [-0.15, -0.1) is 0 Å². The molecule has 2 heterocycles. The Hall–Kier alpha value is -0.0700. The van der Waals surface area contributed by atoms with Gasteiger partial charge in [-0.25, -0.2) is 4.98 Å². The molecule has 3 nitrogen and oxygen atoms in total. The van der Waals surface area contributed by atoms with Gasteiger partial charge in [-0.1, -0.05) is 11.3 Å². The van der Waals surface area contributed by atoms with Crippen LogP contribution in [0.2, 0.25) is 0 Å². The molecule has 1 saturated heterocycles. The molecule has 6 heteroatoms. The minimum absolute atomic E-state index is 0.108. The maximum Gasteiger partial charge on any atom is 0.230 e. The van der Waals surface area contributed by atoms with Crippen molar-refractivity contribution < 1.29 is 4.79 Å². The number of hydrogen-bond acceptors (Lipinski definition) is 4. The maximum atomic E-state index is 11.7. The fraction of sp³-hybridized carbons (Fsp3) is 0.500. The van der Waals surface area contributed by atoms with E-state index in [1.165, 1.54) is 11.3 Å². The highest BCUT2D eigenvalue weighted by Crippen LogP contribution is 2.27. The van der Waals surface area contributed by atoms with Gasteiger partial charge < -0.3 is 5.32 Å². The first-order chi connectivity index (χ1) is 6.75. The van der Waals surface area contributed by atoms with Crippen molar-refractivity contribution in [2.45, 2.75) is 6.42 Å². The normalized spacial score (nSPS) is 21.1. The van der Waals surface area contributed by atoms with E-state index in [0.717, 1.165) is 21.7 Å². The lowest BCUT2D eigenvalue weighted by Gasteiger charge is -2.06. The molecule has 2 rings (SSSR count). The summed E-state index contributed by atoms with van der Waals surface area (Å²) in [5.74, 6) is 2.32. The molecular weight excluding hydrogens is 284 g/mol. The van der Waals surface area contributed by atoms with Gasteiger partial charge in [0.1, 0.15) is 0 Å². The van der Waals surface area contributed by atoms with Crippen molar-refractivity contribution in [1.82, 2.24) is 4.98 Å². The van der Waals surface area contributed by atoms with Crippen molar-refractivity contribution in [3.8, 4) is 0 Å². The highest BCUT2D eigenvalue weighted by atomic mass is 79.9. The molecule has 1 amide bonds. The molecular formula is C8H9BrN2OS2. The lowest BCUT2D eigenvalue weighted by molar-refractivity contribution is -0.119. The zero-order chi connectivity index (χ0) is 9.97. The second-order valence-corrected chi connectivity index (χ2v) is 6.58. The molecule has 0 bridgehead atoms. The van der Waals surface area contributed by atoms with E-state index in [2.05, 4.69) is 26.2 Å². The van der Waals surface area contributed by atoms with Crippen LogP contribution in [0.1, 0.15) is 6.42 Å². The minimum atomic E-state index is 0.108. The highest BCUT2D eigenvalue weighted by Gasteiger charge is 2.23. The molecule has 1 unspecified atom stereocenters. The number of carbonyl (C=O) groups excluding carboxylic acids is 1. The van der Waals surface area contributed by atoms with Crippen LogP contribution in [0, 0.1) is 5.92 Å². The Morgan fingerprint density at radius 1 is 1.71 bits per heavy atom. The van der Waals surface area contributed by atoms with E-state index in [0.29, 0.717) is 5.13 Å². The topological polar surface area (TPSA) is 42.0 Å². The van der Waals surface area contributed by atoms with E-state index < -0.39 is 0 Å². The average Bonchev–Trinajstić information content (AvgIpc) is 2.75. The predicted octanol–water partition coefficient (Wildman–Crippen LogP) is 2.60. The third-order valence-electron chi connectivity index (χ3n) is 2.01. The smallest absolute Gasteiger partial charge is 0.230 e. The molecule has 1 fully saturated rings. The molecule has 1 aromatic heterocycles. The average molecular weight is 293 g/mol. The van der Waals surface area contributed by atoms with Gasteiger partial charge in [0.25, 0.3) is 0 Å². The number of halogens is 1. The fourth-order valence-electron chi connectivity index (χ4n) is 1.26. The molecule has 1 aliphatic heterocycles. The Kier molecular flexibility index (Phi) is 3.46. The van der Waals surface area contributed by atoms with Gasteiger partial charge in [0.15, 0.2) is 5.13 Å². The van der Waals surface area contributed by atoms with Crippen LogP contribution in [-0.4, -0.2) is 22.4 Å². The number of nitrogens with zero attached hydrogens (tertiary/aromatic N) is 1. The molecule has 1 atom stereocenters. The molecule has 1 aliphatic rings. The van der Waals surface area contributed by atoms with Crippen molar-refractivity contribution in [2.75, 3.05) is 16.8 Å². The van der Waals surface area contributed by atoms with Crippen LogP contribution in [0.5, 0.6) is 0 Å². The van der Waals surface area contributed by atoms with Gasteiger partial charge in [0.05, 0.1) is 9.98 Å². The fourth-order valence-corrected chi connectivity index (χ4v) is 3.59. The van der Waals surface area contributed by atoms with Crippen LogP contribution >= 0.6 is 39.0 Å².